The van der Waals surface area contributed by atoms with Crippen LogP contribution < -0.4 is 4.74 Å². The Labute approximate surface area is 110 Å². The third kappa shape index (κ3) is 2.86. The van der Waals surface area contributed by atoms with Gasteiger partial charge in [-0.15, -0.1) is 11.3 Å². The van der Waals surface area contributed by atoms with Gasteiger partial charge in [0, 0.05) is 17.4 Å². The summed E-state index contributed by atoms with van der Waals surface area (Å²) in [6, 6.07) is 3.81. The molecule has 2 rings (SSSR count). The topological polar surface area (TPSA) is 55.2 Å². The quantitative estimate of drug-likeness (QED) is 0.901. The van der Waals surface area contributed by atoms with Gasteiger partial charge in [0.05, 0.1) is 18.9 Å². The summed E-state index contributed by atoms with van der Waals surface area (Å²) in [4.78, 5) is 9.12. The SMILES string of the molecule is CCc1ccsc1C(O)Cc1cc(OC)ncn1. The number of thiophene rings is 1. The number of aliphatic hydroxyl groups is 1. The van der Waals surface area contributed by atoms with Crippen molar-refractivity contribution >= 4 is 11.3 Å². The molecular weight excluding hydrogens is 248 g/mol. The van der Waals surface area contributed by atoms with E-state index in [0.717, 1.165) is 17.0 Å². The number of nitrogens with zero attached hydrogens (tertiary/aromatic N) is 2. The minimum atomic E-state index is -0.514. The van der Waals surface area contributed by atoms with E-state index in [0.29, 0.717) is 12.3 Å². The number of aromatic nitrogens is 2. The zero-order chi connectivity index (χ0) is 13.0. The third-order valence-corrected chi connectivity index (χ3v) is 3.83. The van der Waals surface area contributed by atoms with Crippen molar-refractivity contribution in [3.63, 3.8) is 0 Å². The van der Waals surface area contributed by atoms with Crippen molar-refractivity contribution in [2.45, 2.75) is 25.9 Å². The van der Waals surface area contributed by atoms with Crippen molar-refractivity contribution in [1.29, 1.82) is 0 Å². The van der Waals surface area contributed by atoms with E-state index < -0.39 is 6.10 Å². The highest BCUT2D eigenvalue weighted by molar-refractivity contribution is 7.10. The Bertz CT molecular complexity index is 513. The summed E-state index contributed by atoms with van der Waals surface area (Å²) in [5, 5.41) is 12.3. The van der Waals surface area contributed by atoms with Gasteiger partial charge in [0.15, 0.2) is 0 Å². The van der Waals surface area contributed by atoms with E-state index in [2.05, 4.69) is 23.0 Å². The summed E-state index contributed by atoms with van der Waals surface area (Å²) in [5.41, 5.74) is 1.98. The van der Waals surface area contributed by atoms with Gasteiger partial charge in [0.2, 0.25) is 5.88 Å². The summed E-state index contributed by atoms with van der Waals surface area (Å²) >= 11 is 1.59. The van der Waals surface area contributed by atoms with Gasteiger partial charge in [-0.2, -0.15) is 0 Å². The molecule has 0 spiro atoms. The van der Waals surface area contributed by atoms with Gasteiger partial charge >= 0.3 is 0 Å². The Balaban J connectivity index is 2.13. The molecule has 0 amide bonds. The molecule has 2 aromatic heterocycles. The Kier molecular flexibility index (Phi) is 4.28. The molecular formula is C13H16N2O2S. The summed E-state index contributed by atoms with van der Waals surface area (Å²) in [7, 11) is 1.57. The zero-order valence-electron chi connectivity index (χ0n) is 10.5. The maximum Gasteiger partial charge on any atom is 0.216 e. The van der Waals surface area contributed by atoms with Gasteiger partial charge in [-0.3, -0.25) is 0 Å². The summed E-state index contributed by atoms with van der Waals surface area (Å²) in [6.45, 7) is 2.09. The number of methoxy groups -OCH3 is 1. The Morgan fingerprint density at radius 2 is 2.28 bits per heavy atom. The maximum atomic E-state index is 10.2. The number of rotatable bonds is 5. The van der Waals surface area contributed by atoms with Crippen LogP contribution in [0.1, 0.15) is 29.2 Å². The second kappa shape index (κ2) is 5.93. The van der Waals surface area contributed by atoms with Gasteiger partial charge < -0.3 is 9.84 Å². The van der Waals surface area contributed by atoms with Gasteiger partial charge in [-0.1, -0.05) is 6.92 Å². The fourth-order valence-corrected chi connectivity index (χ4v) is 2.81. The van der Waals surface area contributed by atoms with E-state index in [9.17, 15) is 5.11 Å². The van der Waals surface area contributed by atoms with Crippen LogP contribution in [-0.4, -0.2) is 22.2 Å². The van der Waals surface area contributed by atoms with E-state index >= 15 is 0 Å². The molecule has 0 aliphatic carbocycles. The third-order valence-electron chi connectivity index (χ3n) is 2.77. The minimum Gasteiger partial charge on any atom is -0.481 e. The van der Waals surface area contributed by atoms with Crippen LogP contribution in [0.4, 0.5) is 0 Å². The number of ether oxygens (including phenoxy) is 1. The van der Waals surface area contributed by atoms with Crippen LogP contribution in [0.25, 0.3) is 0 Å². The monoisotopic (exact) mass is 264 g/mol. The second-order valence-electron chi connectivity index (χ2n) is 3.94. The van der Waals surface area contributed by atoms with Gasteiger partial charge in [0.1, 0.15) is 6.33 Å². The molecule has 2 heterocycles. The largest absolute Gasteiger partial charge is 0.481 e. The van der Waals surface area contributed by atoms with E-state index in [1.165, 1.54) is 11.9 Å². The molecule has 0 aromatic carbocycles. The molecule has 0 radical (unpaired) electrons. The maximum absolute atomic E-state index is 10.2. The lowest BCUT2D eigenvalue weighted by Crippen LogP contribution is -2.04. The molecule has 0 saturated carbocycles. The standard InChI is InChI=1S/C13H16N2O2S/c1-3-9-4-5-18-13(9)11(16)6-10-7-12(17-2)15-8-14-10/h4-5,7-8,11,16H,3,6H2,1-2H3. The first kappa shape index (κ1) is 13.0. The zero-order valence-corrected chi connectivity index (χ0v) is 11.3. The minimum absolute atomic E-state index is 0.479. The molecule has 5 heteroatoms. The lowest BCUT2D eigenvalue weighted by Gasteiger charge is -2.10. The fraction of sp³-hybridized carbons (Fsp3) is 0.385. The highest BCUT2D eigenvalue weighted by Gasteiger charge is 2.15. The smallest absolute Gasteiger partial charge is 0.216 e. The molecule has 0 fully saturated rings. The van der Waals surface area contributed by atoms with Crippen molar-refractivity contribution in [3.8, 4) is 5.88 Å². The van der Waals surface area contributed by atoms with Gasteiger partial charge in [-0.05, 0) is 23.4 Å². The predicted molar refractivity (Wildman–Crippen MR) is 70.9 cm³/mol. The number of aliphatic hydroxyl groups excluding tert-OH is 1. The number of hydrogen-bond donors (Lipinski definition) is 1. The van der Waals surface area contributed by atoms with Crippen molar-refractivity contribution in [2.24, 2.45) is 0 Å². The molecule has 1 N–H and O–H groups in total. The Morgan fingerprint density at radius 1 is 1.44 bits per heavy atom. The first-order valence-corrected chi connectivity index (χ1v) is 6.71. The van der Waals surface area contributed by atoms with Crippen molar-refractivity contribution in [2.75, 3.05) is 7.11 Å². The van der Waals surface area contributed by atoms with Crippen molar-refractivity contribution in [1.82, 2.24) is 9.97 Å². The Morgan fingerprint density at radius 3 is 3.00 bits per heavy atom. The molecule has 18 heavy (non-hydrogen) atoms. The Hall–Kier alpha value is -1.46. The van der Waals surface area contributed by atoms with Crippen LogP contribution >= 0.6 is 11.3 Å². The fourth-order valence-electron chi connectivity index (χ4n) is 1.82. The van der Waals surface area contributed by atoms with Crippen molar-refractivity contribution in [3.05, 3.63) is 40.0 Å². The highest BCUT2D eigenvalue weighted by atomic mass is 32.1. The molecule has 0 bridgehead atoms. The van der Waals surface area contributed by atoms with E-state index in [-0.39, 0.29) is 0 Å². The van der Waals surface area contributed by atoms with E-state index in [4.69, 9.17) is 4.74 Å². The van der Waals surface area contributed by atoms with E-state index in [1.807, 2.05) is 5.38 Å². The van der Waals surface area contributed by atoms with Crippen LogP contribution in [0.2, 0.25) is 0 Å². The average Bonchev–Trinajstić information content (AvgIpc) is 2.87. The summed E-state index contributed by atoms with van der Waals surface area (Å²) in [6.07, 6.45) is 2.35. The van der Waals surface area contributed by atoms with Crippen LogP contribution in [0.3, 0.4) is 0 Å². The second-order valence-corrected chi connectivity index (χ2v) is 4.88. The van der Waals surface area contributed by atoms with Crippen LogP contribution in [0.5, 0.6) is 5.88 Å². The molecule has 2 aromatic rings. The van der Waals surface area contributed by atoms with E-state index in [1.54, 1.807) is 24.5 Å². The molecule has 0 saturated heterocycles. The lowest BCUT2D eigenvalue weighted by atomic mass is 10.1. The van der Waals surface area contributed by atoms with Crippen molar-refractivity contribution < 1.29 is 9.84 Å². The lowest BCUT2D eigenvalue weighted by molar-refractivity contribution is 0.180. The summed E-state index contributed by atoms with van der Waals surface area (Å²) < 4.78 is 5.04. The predicted octanol–water partition coefficient (Wildman–Crippen LogP) is 2.39. The van der Waals surface area contributed by atoms with Crippen LogP contribution in [0, 0.1) is 0 Å². The normalized spacial score (nSPS) is 12.4. The average molecular weight is 264 g/mol. The first-order chi connectivity index (χ1) is 8.74. The molecule has 4 nitrogen and oxygen atoms in total. The number of aryl methyl sites for hydroxylation is 1. The highest BCUT2D eigenvalue weighted by Crippen LogP contribution is 2.27. The molecule has 1 unspecified atom stereocenters. The molecule has 1 atom stereocenters. The van der Waals surface area contributed by atoms with Gasteiger partial charge in [0.25, 0.3) is 0 Å². The van der Waals surface area contributed by atoms with Gasteiger partial charge in [-0.25, -0.2) is 9.97 Å². The molecule has 96 valence electrons. The van der Waals surface area contributed by atoms with Crippen LogP contribution in [0.15, 0.2) is 23.8 Å². The first-order valence-electron chi connectivity index (χ1n) is 5.83. The summed E-state index contributed by atoms with van der Waals surface area (Å²) in [5.74, 6) is 0.522. The molecule has 0 aliphatic rings. The van der Waals surface area contributed by atoms with Crippen LogP contribution in [-0.2, 0) is 12.8 Å². The number of hydrogen-bond acceptors (Lipinski definition) is 5. The molecule has 0 aliphatic heterocycles.